The van der Waals surface area contributed by atoms with E-state index in [0.29, 0.717) is 23.2 Å². The molecule has 3 rings (SSSR count). The van der Waals surface area contributed by atoms with Crippen molar-refractivity contribution in [3.63, 3.8) is 0 Å². The number of benzene rings is 1. The largest absolute Gasteiger partial charge is 0.320 e. The lowest BCUT2D eigenvalue weighted by atomic mass is 10.3. The Balaban J connectivity index is 2.03. The molecule has 0 spiro atoms. The number of hydrogen-bond donors (Lipinski definition) is 0. The monoisotopic (exact) mass is 276 g/mol. The highest BCUT2D eigenvalue weighted by Crippen LogP contribution is 2.29. The van der Waals surface area contributed by atoms with Crippen LogP contribution in [0.25, 0.3) is 5.69 Å². The average molecular weight is 277 g/mol. The maximum atomic E-state index is 12.1. The van der Waals surface area contributed by atoms with Gasteiger partial charge in [-0.05, 0) is 43.0 Å². The lowest BCUT2D eigenvalue weighted by Gasteiger charge is -2.08. The summed E-state index contributed by atoms with van der Waals surface area (Å²) in [5, 5.41) is 0.596. The van der Waals surface area contributed by atoms with Crippen LogP contribution >= 0.6 is 11.6 Å². The summed E-state index contributed by atoms with van der Waals surface area (Å²) < 4.78 is 2.86. The molecular weight excluding hydrogens is 264 g/mol. The molecule has 0 amide bonds. The molecule has 5 heteroatoms. The Bertz CT molecular complexity index is 711. The van der Waals surface area contributed by atoms with Crippen LogP contribution in [-0.2, 0) is 6.54 Å². The molecule has 2 aromatic rings. The highest BCUT2D eigenvalue weighted by molar-refractivity contribution is 6.30. The summed E-state index contributed by atoms with van der Waals surface area (Å²) in [5.74, 6) is 0.559. The van der Waals surface area contributed by atoms with E-state index < -0.39 is 11.1 Å². The quantitative estimate of drug-likeness (QED) is 0.806. The van der Waals surface area contributed by atoms with Crippen LogP contribution in [0.1, 0.15) is 12.8 Å². The van der Waals surface area contributed by atoms with Gasteiger partial charge in [0.05, 0.1) is 0 Å². The molecule has 1 aliphatic carbocycles. The van der Waals surface area contributed by atoms with Crippen molar-refractivity contribution in [3.05, 3.63) is 62.4 Å². The smallest absolute Gasteiger partial charge is 0.309 e. The third-order valence-corrected chi connectivity index (χ3v) is 3.57. The molecule has 0 saturated heterocycles. The van der Waals surface area contributed by atoms with Crippen LogP contribution in [0.15, 0.2) is 46.2 Å². The van der Waals surface area contributed by atoms with E-state index >= 15 is 0 Å². The fourth-order valence-corrected chi connectivity index (χ4v) is 2.16. The number of rotatable bonds is 3. The first-order chi connectivity index (χ1) is 9.15. The van der Waals surface area contributed by atoms with Crippen molar-refractivity contribution in [2.75, 3.05) is 0 Å². The first-order valence-electron chi connectivity index (χ1n) is 6.23. The summed E-state index contributed by atoms with van der Waals surface area (Å²) in [7, 11) is 0. The third-order valence-electron chi connectivity index (χ3n) is 3.31. The van der Waals surface area contributed by atoms with Gasteiger partial charge in [0, 0.05) is 29.6 Å². The molecule has 1 aromatic carbocycles. The Morgan fingerprint density at radius 1 is 1.05 bits per heavy atom. The first kappa shape index (κ1) is 12.2. The van der Waals surface area contributed by atoms with Crippen LogP contribution < -0.4 is 11.1 Å². The Kier molecular flexibility index (Phi) is 3.03. The van der Waals surface area contributed by atoms with Gasteiger partial charge in [-0.25, -0.2) is 0 Å². The molecule has 1 saturated carbocycles. The van der Waals surface area contributed by atoms with Crippen LogP contribution in [0, 0.1) is 5.92 Å². The van der Waals surface area contributed by atoms with Crippen molar-refractivity contribution in [1.29, 1.82) is 0 Å². The zero-order chi connectivity index (χ0) is 13.4. The van der Waals surface area contributed by atoms with Gasteiger partial charge in [-0.15, -0.1) is 0 Å². The number of aromatic nitrogens is 2. The Morgan fingerprint density at radius 2 is 1.74 bits per heavy atom. The Morgan fingerprint density at radius 3 is 2.37 bits per heavy atom. The highest BCUT2D eigenvalue weighted by atomic mass is 35.5. The van der Waals surface area contributed by atoms with Gasteiger partial charge in [0.25, 0.3) is 0 Å². The standard InChI is InChI=1S/C14H13ClN2O2/c15-11-3-5-12(6-4-11)17-8-7-16(9-10-1-2-10)13(18)14(17)19/h3-8,10H,1-2,9H2. The van der Waals surface area contributed by atoms with Crippen LogP contribution in [0.2, 0.25) is 5.02 Å². The highest BCUT2D eigenvalue weighted by Gasteiger charge is 2.22. The minimum absolute atomic E-state index is 0.468. The first-order valence-corrected chi connectivity index (χ1v) is 6.61. The summed E-state index contributed by atoms with van der Waals surface area (Å²) in [5.41, 5.74) is -0.347. The Labute approximate surface area is 114 Å². The maximum Gasteiger partial charge on any atom is 0.320 e. The van der Waals surface area contributed by atoms with Crippen molar-refractivity contribution in [2.24, 2.45) is 5.92 Å². The molecule has 0 radical (unpaired) electrons. The van der Waals surface area contributed by atoms with Crippen molar-refractivity contribution < 1.29 is 0 Å². The van der Waals surface area contributed by atoms with Crippen molar-refractivity contribution in [1.82, 2.24) is 9.13 Å². The molecule has 1 fully saturated rings. The fourth-order valence-electron chi connectivity index (χ4n) is 2.04. The summed E-state index contributed by atoms with van der Waals surface area (Å²) in [4.78, 5) is 24.1. The molecule has 4 nitrogen and oxygen atoms in total. The zero-order valence-electron chi connectivity index (χ0n) is 10.3. The van der Waals surface area contributed by atoms with Crippen LogP contribution in [0.5, 0.6) is 0 Å². The average Bonchev–Trinajstić information content (AvgIpc) is 3.21. The van der Waals surface area contributed by atoms with E-state index in [2.05, 4.69) is 0 Å². The van der Waals surface area contributed by atoms with Gasteiger partial charge in [-0.3, -0.25) is 14.2 Å². The molecule has 19 heavy (non-hydrogen) atoms. The summed E-state index contributed by atoms with van der Waals surface area (Å²) >= 11 is 5.81. The SMILES string of the molecule is O=c1c(=O)n(-c2ccc(Cl)cc2)ccn1CC1CC1. The molecule has 0 atom stereocenters. The van der Waals surface area contributed by atoms with E-state index in [1.807, 2.05) is 0 Å². The van der Waals surface area contributed by atoms with Gasteiger partial charge in [-0.2, -0.15) is 0 Å². The van der Waals surface area contributed by atoms with E-state index in [1.165, 1.54) is 9.13 Å². The normalized spacial score (nSPS) is 14.6. The van der Waals surface area contributed by atoms with Crippen molar-refractivity contribution in [2.45, 2.75) is 19.4 Å². The molecular formula is C14H13ClN2O2. The Hall–Kier alpha value is -1.81. The molecule has 98 valence electrons. The zero-order valence-corrected chi connectivity index (χ0v) is 11.0. The van der Waals surface area contributed by atoms with Gasteiger partial charge < -0.3 is 4.57 Å². The molecule has 0 unspecified atom stereocenters. The third kappa shape index (κ3) is 2.49. The van der Waals surface area contributed by atoms with E-state index in [4.69, 9.17) is 11.6 Å². The predicted octanol–water partition coefficient (Wildman–Crippen LogP) is 2.06. The van der Waals surface area contributed by atoms with Crippen molar-refractivity contribution in [3.8, 4) is 5.69 Å². The molecule has 0 N–H and O–H groups in total. The van der Waals surface area contributed by atoms with Crippen molar-refractivity contribution >= 4 is 11.6 Å². The summed E-state index contributed by atoms with van der Waals surface area (Å²) in [6.07, 6.45) is 5.60. The van der Waals surface area contributed by atoms with Gasteiger partial charge in [0.1, 0.15) is 0 Å². The number of halogens is 1. The van der Waals surface area contributed by atoms with E-state index in [1.54, 1.807) is 36.7 Å². The fraction of sp³-hybridized carbons (Fsp3) is 0.286. The van der Waals surface area contributed by atoms with Crippen LogP contribution in [0.3, 0.4) is 0 Å². The van der Waals surface area contributed by atoms with Gasteiger partial charge >= 0.3 is 11.1 Å². The second-order valence-corrected chi connectivity index (χ2v) is 5.29. The molecule has 1 aliphatic rings. The molecule has 0 aliphatic heterocycles. The number of hydrogen-bond acceptors (Lipinski definition) is 2. The molecule has 1 aromatic heterocycles. The van der Waals surface area contributed by atoms with Gasteiger partial charge in [0.15, 0.2) is 0 Å². The van der Waals surface area contributed by atoms with Crippen LogP contribution in [-0.4, -0.2) is 9.13 Å². The summed E-state index contributed by atoms with van der Waals surface area (Å²) in [6.45, 7) is 0.648. The number of nitrogens with zero attached hydrogens (tertiary/aromatic N) is 2. The van der Waals surface area contributed by atoms with E-state index in [-0.39, 0.29) is 0 Å². The maximum absolute atomic E-state index is 12.1. The lowest BCUT2D eigenvalue weighted by molar-refractivity contribution is 0.592. The molecule has 1 heterocycles. The van der Waals surface area contributed by atoms with Gasteiger partial charge in [0.2, 0.25) is 0 Å². The van der Waals surface area contributed by atoms with E-state index in [0.717, 1.165) is 12.8 Å². The van der Waals surface area contributed by atoms with Gasteiger partial charge in [-0.1, -0.05) is 11.6 Å². The molecule has 0 bridgehead atoms. The predicted molar refractivity (Wildman–Crippen MR) is 74.0 cm³/mol. The second-order valence-electron chi connectivity index (χ2n) is 4.85. The second kappa shape index (κ2) is 4.70. The minimum Gasteiger partial charge on any atom is -0.309 e. The van der Waals surface area contributed by atoms with E-state index in [9.17, 15) is 9.59 Å². The summed E-state index contributed by atoms with van der Waals surface area (Å²) in [6, 6.07) is 6.82. The van der Waals surface area contributed by atoms with Crippen LogP contribution in [0.4, 0.5) is 0 Å². The lowest BCUT2D eigenvalue weighted by Crippen LogP contribution is -2.40. The minimum atomic E-state index is -0.523. The topological polar surface area (TPSA) is 44.0 Å².